The average Bonchev–Trinajstić information content (AvgIpc) is 3.11. The Kier molecular flexibility index (Phi) is 5.13. The molecule has 0 saturated carbocycles. The lowest BCUT2D eigenvalue weighted by Crippen LogP contribution is -2.49. The first-order chi connectivity index (χ1) is 11.6. The number of hydrogen-bond acceptors (Lipinski definition) is 5. The minimum absolute atomic E-state index is 0.215. The normalized spacial score (nSPS) is 15.1. The maximum Gasteiger partial charge on any atom is 0.318 e. The summed E-state index contributed by atoms with van der Waals surface area (Å²) in [6.07, 6.45) is 1.35. The van der Waals surface area contributed by atoms with E-state index < -0.39 is 0 Å². The molecule has 1 fully saturated rings. The van der Waals surface area contributed by atoms with Gasteiger partial charge < -0.3 is 14.2 Å². The Morgan fingerprint density at radius 3 is 2.46 bits per heavy atom. The first kappa shape index (κ1) is 16.5. The summed E-state index contributed by atoms with van der Waals surface area (Å²) in [6.45, 7) is 6.93. The molecule has 0 spiro atoms. The molecule has 1 amide bonds. The fourth-order valence-corrected chi connectivity index (χ4v) is 2.79. The molecular weight excluding hydrogens is 304 g/mol. The first-order valence-electron chi connectivity index (χ1n) is 8.53. The lowest BCUT2D eigenvalue weighted by molar-refractivity contribution is -0.131. The molecule has 2 heterocycles. The zero-order valence-corrected chi connectivity index (χ0v) is 14.3. The molecular formula is C18H24N4O2. The second-order valence-electron chi connectivity index (χ2n) is 6.43. The number of nitrogens with zero attached hydrogens (tertiary/aromatic N) is 4. The SMILES string of the molecule is CC(C)c1nnc(N2CCN(C(=O)CCc3ccccc3)CC2)o1. The van der Waals surface area contributed by atoms with Gasteiger partial charge in [-0.2, -0.15) is 0 Å². The van der Waals surface area contributed by atoms with Crippen molar-refractivity contribution in [3.05, 3.63) is 41.8 Å². The smallest absolute Gasteiger partial charge is 0.318 e. The highest BCUT2D eigenvalue weighted by Gasteiger charge is 2.24. The van der Waals surface area contributed by atoms with E-state index in [0.29, 0.717) is 31.4 Å². The van der Waals surface area contributed by atoms with E-state index in [-0.39, 0.29) is 11.8 Å². The molecule has 1 aliphatic heterocycles. The summed E-state index contributed by atoms with van der Waals surface area (Å²) in [6, 6.07) is 10.7. The molecule has 6 nitrogen and oxygen atoms in total. The molecule has 0 N–H and O–H groups in total. The molecule has 128 valence electrons. The van der Waals surface area contributed by atoms with Crippen LogP contribution in [0, 0.1) is 0 Å². The van der Waals surface area contributed by atoms with E-state index in [0.717, 1.165) is 19.5 Å². The minimum atomic E-state index is 0.215. The van der Waals surface area contributed by atoms with Crippen molar-refractivity contribution in [2.75, 3.05) is 31.1 Å². The number of amides is 1. The molecule has 1 aromatic carbocycles. The van der Waals surface area contributed by atoms with Crippen LogP contribution in [0.25, 0.3) is 0 Å². The molecule has 1 aliphatic rings. The van der Waals surface area contributed by atoms with Crippen LogP contribution < -0.4 is 4.90 Å². The molecule has 2 aromatic rings. The largest absolute Gasteiger partial charge is 0.408 e. The number of piperazine rings is 1. The highest BCUT2D eigenvalue weighted by Crippen LogP contribution is 2.19. The number of aromatic nitrogens is 2. The van der Waals surface area contributed by atoms with Gasteiger partial charge in [-0.3, -0.25) is 4.79 Å². The Balaban J connectivity index is 1.48. The molecule has 3 rings (SSSR count). The van der Waals surface area contributed by atoms with E-state index in [2.05, 4.69) is 27.2 Å². The van der Waals surface area contributed by atoms with Gasteiger partial charge in [-0.1, -0.05) is 49.3 Å². The van der Waals surface area contributed by atoms with E-state index >= 15 is 0 Å². The van der Waals surface area contributed by atoms with Crippen LogP contribution in [0.3, 0.4) is 0 Å². The summed E-state index contributed by atoms with van der Waals surface area (Å²) in [5.41, 5.74) is 1.21. The van der Waals surface area contributed by atoms with Crippen molar-refractivity contribution in [1.82, 2.24) is 15.1 Å². The van der Waals surface area contributed by atoms with Crippen LogP contribution in [0.15, 0.2) is 34.7 Å². The van der Waals surface area contributed by atoms with Crippen LogP contribution >= 0.6 is 0 Å². The predicted molar refractivity (Wildman–Crippen MR) is 91.9 cm³/mol. The van der Waals surface area contributed by atoms with Gasteiger partial charge in [0.25, 0.3) is 0 Å². The van der Waals surface area contributed by atoms with E-state index in [1.54, 1.807) is 0 Å². The quantitative estimate of drug-likeness (QED) is 0.844. The molecule has 1 aromatic heterocycles. The van der Waals surface area contributed by atoms with Crippen molar-refractivity contribution in [1.29, 1.82) is 0 Å². The van der Waals surface area contributed by atoms with Crippen LogP contribution in [-0.2, 0) is 11.2 Å². The van der Waals surface area contributed by atoms with Gasteiger partial charge in [0, 0.05) is 38.5 Å². The molecule has 6 heteroatoms. The Labute approximate surface area is 142 Å². The molecule has 0 atom stereocenters. The zero-order valence-electron chi connectivity index (χ0n) is 14.3. The van der Waals surface area contributed by atoms with Crippen molar-refractivity contribution in [2.24, 2.45) is 0 Å². The van der Waals surface area contributed by atoms with Crippen LogP contribution in [0.2, 0.25) is 0 Å². The number of aryl methyl sites for hydroxylation is 1. The molecule has 1 saturated heterocycles. The molecule has 0 radical (unpaired) electrons. The van der Waals surface area contributed by atoms with Crippen LogP contribution in [0.1, 0.15) is 37.6 Å². The summed E-state index contributed by atoms with van der Waals surface area (Å²) in [5, 5.41) is 8.18. The molecule has 24 heavy (non-hydrogen) atoms. The number of carbonyl (C=O) groups is 1. The fourth-order valence-electron chi connectivity index (χ4n) is 2.79. The summed E-state index contributed by atoms with van der Waals surface area (Å²) in [4.78, 5) is 16.3. The molecule has 0 unspecified atom stereocenters. The number of carbonyl (C=O) groups excluding carboxylic acids is 1. The molecule has 0 aliphatic carbocycles. The van der Waals surface area contributed by atoms with Gasteiger partial charge in [-0.25, -0.2) is 0 Å². The second kappa shape index (κ2) is 7.47. The van der Waals surface area contributed by atoms with Crippen molar-refractivity contribution in [3.8, 4) is 0 Å². The maximum absolute atomic E-state index is 12.4. The van der Waals surface area contributed by atoms with E-state index in [1.165, 1.54) is 5.56 Å². The highest BCUT2D eigenvalue weighted by molar-refractivity contribution is 5.76. The molecule has 0 bridgehead atoms. The van der Waals surface area contributed by atoms with Gasteiger partial charge in [0.1, 0.15) is 0 Å². The standard InChI is InChI=1S/C18H24N4O2/c1-14(2)17-19-20-18(24-17)22-12-10-21(11-13-22)16(23)9-8-15-6-4-3-5-7-15/h3-7,14H,8-13H2,1-2H3. The van der Waals surface area contributed by atoms with E-state index in [9.17, 15) is 4.79 Å². The minimum Gasteiger partial charge on any atom is -0.408 e. The van der Waals surface area contributed by atoms with E-state index in [1.807, 2.05) is 36.9 Å². The Bertz CT molecular complexity index is 661. The lowest BCUT2D eigenvalue weighted by Gasteiger charge is -2.33. The van der Waals surface area contributed by atoms with Gasteiger partial charge in [0.15, 0.2) is 0 Å². The Morgan fingerprint density at radius 2 is 1.83 bits per heavy atom. The van der Waals surface area contributed by atoms with Gasteiger partial charge >= 0.3 is 6.01 Å². The van der Waals surface area contributed by atoms with Crippen LogP contribution in [0.5, 0.6) is 0 Å². The third kappa shape index (κ3) is 3.93. The predicted octanol–water partition coefficient (Wildman–Crippen LogP) is 2.47. The van der Waals surface area contributed by atoms with Gasteiger partial charge in [0.2, 0.25) is 11.8 Å². The summed E-state index contributed by atoms with van der Waals surface area (Å²) < 4.78 is 5.69. The first-order valence-corrected chi connectivity index (χ1v) is 8.53. The monoisotopic (exact) mass is 328 g/mol. The van der Waals surface area contributed by atoms with Gasteiger partial charge in [0.05, 0.1) is 0 Å². The lowest BCUT2D eigenvalue weighted by atomic mass is 10.1. The number of benzene rings is 1. The van der Waals surface area contributed by atoms with Crippen LogP contribution in [-0.4, -0.2) is 47.2 Å². The Hall–Kier alpha value is -2.37. The Morgan fingerprint density at radius 1 is 1.12 bits per heavy atom. The van der Waals surface area contributed by atoms with Crippen molar-refractivity contribution >= 4 is 11.9 Å². The number of anilines is 1. The van der Waals surface area contributed by atoms with Crippen molar-refractivity contribution in [2.45, 2.75) is 32.6 Å². The topological polar surface area (TPSA) is 62.5 Å². The van der Waals surface area contributed by atoms with Gasteiger partial charge in [-0.05, 0) is 12.0 Å². The van der Waals surface area contributed by atoms with Crippen LogP contribution in [0.4, 0.5) is 6.01 Å². The summed E-state index contributed by atoms with van der Waals surface area (Å²) in [5.74, 6) is 1.10. The fraction of sp³-hybridized carbons (Fsp3) is 0.500. The van der Waals surface area contributed by atoms with Crippen molar-refractivity contribution < 1.29 is 9.21 Å². The van der Waals surface area contributed by atoms with E-state index in [4.69, 9.17) is 4.42 Å². The summed E-state index contributed by atoms with van der Waals surface area (Å²) in [7, 11) is 0. The highest BCUT2D eigenvalue weighted by atomic mass is 16.4. The third-order valence-electron chi connectivity index (χ3n) is 4.30. The maximum atomic E-state index is 12.4. The van der Waals surface area contributed by atoms with Crippen molar-refractivity contribution in [3.63, 3.8) is 0 Å². The van der Waals surface area contributed by atoms with Gasteiger partial charge in [-0.15, -0.1) is 5.10 Å². The number of hydrogen-bond donors (Lipinski definition) is 0. The number of rotatable bonds is 5. The zero-order chi connectivity index (χ0) is 16.9. The summed E-state index contributed by atoms with van der Waals surface area (Å²) >= 11 is 0. The second-order valence-corrected chi connectivity index (χ2v) is 6.43. The average molecular weight is 328 g/mol. The third-order valence-corrected chi connectivity index (χ3v) is 4.30.